The zero-order valence-corrected chi connectivity index (χ0v) is 18.9. The van der Waals surface area contributed by atoms with Crippen LogP contribution in [-0.2, 0) is 6.42 Å². The van der Waals surface area contributed by atoms with Gasteiger partial charge in [-0.3, -0.25) is 0 Å². The number of rotatable bonds is 10. The molecular weight excluding hydrogens is 364 g/mol. The van der Waals surface area contributed by atoms with Crippen molar-refractivity contribution in [1.29, 1.82) is 0 Å². The summed E-state index contributed by atoms with van der Waals surface area (Å²) in [7, 11) is 0. The van der Waals surface area contributed by atoms with Crippen LogP contribution in [0, 0.1) is 5.92 Å². The highest BCUT2D eigenvalue weighted by atomic mass is 15.1. The van der Waals surface area contributed by atoms with Crippen molar-refractivity contribution in [3.05, 3.63) is 84.1 Å². The lowest BCUT2D eigenvalue weighted by atomic mass is 9.86. The van der Waals surface area contributed by atoms with E-state index < -0.39 is 0 Å². The van der Waals surface area contributed by atoms with E-state index in [2.05, 4.69) is 85.8 Å². The largest absolute Gasteiger partial charge is 0.372 e. The van der Waals surface area contributed by atoms with Crippen LogP contribution in [0.2, 0.25) is 0 Å². The monoisotopic (exact) mass is 402 g/mol. The van der Waals surface area contributed by atoms with Crippen molar-refractivity contribution >= 4 is 11.4 Å². The molecule has 1 saturated carbocycles. The van der Waals surface area contributed by atoms with Crippen molar-refractivity contribution < 1.29 is 0 Å². The van der Waals surface area contributed by atoms with E-state index in [0.29, 0.717) is 0 Å². The molecule has 2 aromatic rings. The van der Waals surface area contributed by atoms with Gasteiger partial charge in [-0.2, -0.15) is 0 Å². The topological polar surface area (TPSA) is 15.3 Å². The average Bonchev–Trinajstić information content (AvgIpc) is 2.76. The molecule has 0 aromatic heterocycles. The van der Waals surface area contributed by atoms with Gasteiger partial charge in [0.15, 0.2) is 0 Å². The van der Waals surface area contributed by atoms with Gasteiger partial charge in [0.1, 0.15) is 0 Å². The summed E-state index contributed by atoms with van der Waals surface area (Å²) in [6, 6.07) is 17.6. The lowest BCUT2D eigenvalue weighted by Gasteiger charge is -2.23. The molecule has 0 bridgehead atoms. The fourth-order valence-electron chi connectivity index (χ4n) is 4.59. The Balaban J connectivity index is 1.58. The predicted octanol–water partition coefficient (Wildman–Crippen LogP) is 7.49. The summed E-state index contributed by atoms with van der Waals surface area (Å²) in [5.41, 5.74) is 7.26. The first-order valence-electron chi connectivity index (χ1n) is 11.7. The van der Waals surface area contributed by atoms with E-state index >= 15 is 0 Å². The second-order valence-electron chi connectivity index (χ2n) is 8.63. The van der Waals surface area contributed by atoms with Gasteiger partial charge in [0.25, 0.3) is 0 Å². The van der Waals surface area contributed by atoms with Gasteiger partial charge in [0, 0.05) is 30.2 Å². The Morgan fingerprint density at radius 1 is 0.933 bits per heavy atom. The first-order valence-corrected chi connectivity index (χ1v) is 11.7. The molecule has 0 heterocycles. The Bertz CT molecular complexity index is 824. The lowest BCUT2D eigenvalue weighted by molar-refractivity contribution is 0.357. The van der Waals surface area contributed by atoms with Crippen LogP contribution in [0.25, 0.3) is 5.70 Å². The van der Waals surface area contributed by atoms with Crippen LogP contribution < -0.4 is 5.32 Å². The molecule has 0 aliphatic heterocycles. The first kappa shape index (κ1) is 22.2. The number of nitrogens with one attached hydrogen (secondary N) is 1. The minimum Gasteiger partial charge on any atom is -0.372 e. The van der Waals surface area contributed by atoms with Crippen LogP contribution in [0.3, 0.4) is 0 Å². The summed E-state index contributed by atoms with van der Waals surface area (Å²) in [6.45, 7) is 14.9. The molecule has 2 nitrogen and oxygen atoms in total. The van der Waals surface area contributed by atoms with Crippen molar-refractivity contribution in [1.82, 2.24) is 4.90 Å². The van der Waals surface area contributed by atoms with Gasteiger partial charge >= 0.3 is 0 Å². The molecule has 30 heavy (non-hydrogen) atoms. The maximum atomic E-state index is 4.29. The van der Waals surface area contributed by atoms with E-state index in [4.69, 9.17) is 0 Å². The SMILES string of the molecule is C=C(CC1CCCCC1)Nc1cccc(Cc2ccc(C(=C)N(CC)CC)cc2)c1. The number of anilines is 1. The van der Waals surface area contributed by atoms with Gasteiger partial charge in [-0.25, -0.2) is 0 Å². The van der Waals surface area contributed by atoms with Crippen LogP contribution in [-0.4, -0.2) is 18.0 Å². The van der Waals surface area contributed by atoms with Gasteiger partial charge in [0.05, 0.1) is 0 Å². The van der Waals surface area contributed by atoms with Crippen LogP contribution in [0.15, 0.2) is 67.4 Å². The van der Waals surface area contributed by atoms with Crippen molar-refractivity contribution in [2.45, 2.75) is 58.8 Å². The third-order valence-corrected chi connectivity index (χ3v) is 6.35. The Labute approximate surface area is 183 Å². The van der Waals surface area contributed by atoms with E-state index in [1.807, 2.05) is 0 Å². The van der Waals surface area contributed by atoms with E-state index in [9.17, 15) is 0 Å². The van der Waals surface area contributed by atoms with Crippen molar-refractivity contribution in [3.8, 4) is 0 Å². The number of benzene rings is 2. The molecular formula is C28H38N2. The standard InChI is InChI=1S/C28H38N2/c1-5-30(6-2)23(4)27-17-15-25(16-18-27)20-26-13-10-14-28(21-26)29-22(3)19-24-11-8-7-9-12-24/h10,13-18,21,24,29H,3-9,11-12,19-20H2,1-2H3. The Morgan fingerprint density at radius 2 is 1.63 bits per heavy atom. The normalized spacial score (nSPS) is 14.3. The zero-order valence-electron chi connectivity index (χ0n) is 18.9. The second kappa shape index (κ2) is 11.1. The fourth-order valence-corrected chi connectivity index (χ4v) is 4.59. The smallest absolute Gasteiger partial charge is 0.0384 e. The second-order valence-corrected chi connectivity index (χ2v) is 8.63. The van der Waals surface area contributed by atoms with Crippen LogP contribution in [0.5, 0.6) is 0 Å². The van der Waals surface area contributed by atoms with Crippen molar-refractivity contribution in [2.75, 3.05) is 18.4 Å². The maximum Gasteiger partial charge on any atom is 0.0384 e. The molecule has 2 heteroatoms. The molecule has 0 atom stereocenters. The minimum absolute atomic E-state index is 0.812. The molecule has 0 radical (unpaired) electrons. The molecule has 0 unspecified atom stereocenters. The summed E-state index contributed by atoms with van der Waals surface area (Å²) in [4.78, 5) is 2.30. The molecule has 160 valence electrons. The maximum absolute atomic E-state index is 4.29. The summed E-state index contributed by atoms with van der Waals surface area (Å²) < 4.78 is 0. The molecule has 1 N–H and O–H groups in total. The third-order valence-electron chi connectivity index (χ3n) is 6.35. The van der Waals surface area contributed by atoms with E-state index in [0.717, 1.165) is 48.9 Å². The number of hydrogen-bond acceptors (Lipinski definition) is 2. The number of hydrogen-bond donors (Lipinski definition) is 1. The molecule has 0 saturated heterocycles. The van der Waals surface area contributed by atoms with Gasteiger partial charge in [0.2, 0.25) is 0 Å². The van der Waals surface area contributed by atoms with Crippen molar-refractivity contribution in [2.24, 2.45) is 5.92 Å². The zero-order chi connectivity index (χ0) is 21.3. The Morgan fingerprint density at radius 3 is 2.30 bits per heavy atom. The molecule has 1 aliphatic rings. The molecule has 1 fully saturated rings. The number of allylic oxidation sites excluding steroid dienone is 1. The molecule has 1 aliphatic carbocycles. The highest BCUT2D eigenvalue weighted by Crippen LogP contribution is 2.29. The number of nitrogens with zero attached hydrogens (tertiary/aromatic N) is 1. The third kappa shape index (κ3) is 6.26. The first-order chi connectivity index (χ1) is 14.6. The summed E-state index contributed by atoms with van der Waals surface area (Å²) >= 11 is 0. The molecule has 0 amide bonds. The van der Waals surface area contributed by atoms with Gasteiger partial charge in [-0.1, -0.05) is 81.7 Å². The summed E-state index contributed by atoms with van der Waals surface area (Å²) in [6.07, 6.45) is 8.92. The van der Waals surface area contributed by atoms with Crippen LogP contribution in [0.4, 0.5) is 5.69 Å². The van der Waals surface area contributed by atoms with Gasteiger partial charge in [-0.05, 0) is 61.4 Å². The fraction of sp³-hybridized carbons (Fsp3) is 0.429. The van der Waals surface area contributed by atoms with Gasteiger partial charge < -0.3 is 10.2 Å². The summed E-state index contributed by atoms with van der Waals surface area (Å²) in [5, 5.41) is 3.55. The average molecular weight is 403 g/mol. The summed E-state index contributed by atoms with van der Waals surface area (Å²) in [5.74, 6) is 0.812. The van der Waals surface area contributed by atoms with Crippen LogP contribution >= 0.6 is 0 Å². The lowest BCUT2D eigenvalue weighted by Crippen LogP contribution is -2.20. The predicted molar refractivity (Wildman–Crippen MR) is 132 cm³/mol. The van der Waals surface area contributed by atoms with E-state index in [1.165, 1.54) is 48.8 Å². The minimum atomic E-state index is 0.812. The molecule has 3 rings (SSSR count). The quantitative estimate of drug-likeness (QED) is 0.443. The van der Waals surface area contributed by atoms with Gasteiger partial charge in [-0.15, -0.1) is 0 Å². The Hall–Kier alpha value is -2.48. The van der Waals surface area contributed by atoms with Crippen molar-refractivity contribution in [3.63, 3.8) is 0 Å². The van der Waals surface area contributed by atoms with E-state index in [-0.39, 0.29) is 0 Å². The highest BCUT2D eigenvalue weighted by molar-refractivity contribution is 5.62. The van der Waals surface area contributed by atoms with Crippen LogP contribution in [0.1, 0.15) is 69.1 Å². The highest BCUT2D eigenvalue weighted by Gasteiger charge is 2.14. The molecule has 0 spiro atoms. The Kier molecular flexibility index (Phi) is 8.19. The van der Waals surface area contributed by atoms with E-state index in [1.54, 1.807) is 0 Å². The molecule has 2 aromatic carbocycles.